The lowest BCUT2D eigenvalue weighted by Gasteiger charge is -2.36. The molecule has 2 amide bonds. The van der Waals surface area contributed by atoms with E-state index in [1.807, 2.05) is 17.0 Å². The predicted octanol–water partition coefficient (Wildman–Crippen LogP) is 4.03. The number of carboxylic acid groups (broad SMARTS) is 1. The van der Waals surface area contributed by atoms with Gasteiger partial charge < -0.3 is 19.8 Å². The molecule has 1 aromatic carbocycles. The highest BCUT2D eigenvalue weighted by Gasteiger charge is 2.45. The molecule has 34 heavy (non-hydrogen) atoms. The number of hydrogen-bond acceptors (Lipinski definition) is 4. The van der Waals surface area contributed by atoms with E-state index in [0.29, 0.717) is 24.3 Å². The summed E-state index contributed by atoms with van der Waals surface area (Å²) in [4.78, 5) is 34.2. The SMILES string of the molecule is CCN(C(=O)O)[C@@H]1CN(C(=O)C2CCN(c3ccccn3)CC2F)C[C@H]1c1ccc(F)c(Cl)c1. The van der Waals surface area contributed by atoms with E-state index in [2.05, 4.69) is 4.98 Å². The van der Waals surface area contributed by atoms with Crippen molar-refractivity contribution >= 4 is 29.4 Å². The third kappa shape index (κ3) is 4.80. The van der Waals surface area contributed by atoms with Crippen LogP contribution in [0.3, 0.4) is 0 Å². The summed E-state index contributed by atoms with van der Waals surface area (Å²) in [5, 5.41) is 9.65. The van der Waals surface area contributed by atoms with E-state index in [9.17, 15) is 19.1 Å². The van der Waals surface area contributed by atoms with Crippen LogP contribution in [0.15, 0.2) is 42.6 Å². The minimum Gasteiger partial charge on any atom is -0.465 e. The number of alkyl halides is 1. The molecular formula is C24H27ClF2N4O3. The summed E-state index contributed by atoms with van der Waals surface area (Å²) < 4.78 is 28.9. The second kappa shape index (κ2) is 10.1. The molecule has 2 aliphatic heterocycles. The number of likely N-dealkylation sites (tertiary alicyclic amines) is 1. The first-order valence-corrected chi connectivity index (χ1v) is 11.7. The maximum atomic E-state index is 15.2. The lowest BCUT2D eigenvalue weighted by atomic mass is 9.92. The molecule has 182 valence electrons. The van der Waals surface area contributed by atoms with Gasteiger partial charge in [0.05, 0.1) is 23.5 Å². The van der Waals surface area contributed by atoms with Crippen LogP contribution in [0.4, 0.5) is 19.4 Å². The van der Waals surface area contributed by atoms with Crippen LogP contribution in [0.5, 0.6) is 0 Å². The molecule has 2 fully saturated rings. The number of carbonyl (C=O) groups is 2. The number of benzene rings is 1. The van der Waals surface area contributed by atoms with E-state index in [1.165, 1.54) is 17.0 Å². The highest BCUT2D eigenvalue weighted by Crippen LogP contribution is 2.35. The van der Waals surface area contributed by atoms with E-state index in [-0.39, 0.29) is 37.1 Å². The van der Waals surface area contributed by atoms with Crippen LogP contribution in [0, 0.1) is 11.7 Å². The predicted molar refractivity (Wildman–Crippen MR) is 124 cm³/mol. The zero-order valence-corrected chi connectivity index (χ0v) is 19.5. The van der Waals surface area contributed by atoms with Crippen LogP contribution in [0.2, 0.25) is 5.02 Å². The molecule has 7 nitrogen and oxygen atoms in total. The van der Waals surface area contributed by atoms with Crippen LogP contribution >= 0.6 is 11.6 Å². The van der Waals surface area contributed by atoms with Gasteiger partial charge >= 0.3 is 6.09 Å². The lowest BCUT2D eigenvalue weighted by Crippen LogP contribution is -2.49. The Balaban J connectivity index is 1.52. The van der Waals surface area contributed by atoms with Gasteiger partial charge in [0.1, 0.15) is 17.8 Å². The maximum Gasteiger partial charge on any atom is 0.407 e. The number of pyridine rings is 1. The van der Waals surface area contributed by atoms with Gasteiger partial charge in [0.15, 0.2) is 0 Å². The smallest absolute Gasteiger partial charge is 0.407 e. The van der Waals surface area contributed by atoms with E-state index in [1.54, 1.807) is 30.2 Å². The van der Waals surface area contributed by atoms with E-state index in [4.69, 9.17) is 11.6 Å². The maximum absolute atomic E-state index is 15.2. The van der Waals surface area contributed by atoms with Gasteiger partial charge in [-0.25, -0.2) is 18.6 Å². The average molecular weight is 493 g/mol. The number of amides is 2. The van der Waals surface area contributed by atoms with Crippen LogP contribution in [0.1, 0.15) is 24.8 Å². The quantitative estimate of drug-likeness (QED) is 0.682. The molecule has 2 aliphatic rings. The molecule has 4 rings (SSSR count). The average Bonchev–Trinajstić information content (AvgIpc) is 3.26. The molecule has 1 N–H and O–H groups in total. The molecular weight excluding hydrogens is 466 g/mol. The number of hydrogen-bond donors (Lipinski definition) is 1. The van der Waals surface area contributed by atoms with Crippen molar-refractivity contribution in [3.05, 3.63) is 59.0 Å². The fraction of sp³-hybridized carbons (Fsp3) is 0.458. The highest BCUT2D eigenvalue weighted by molar-refractivity contribution is 6.30. The lowest BCUT2D eigenvalue weighted by molar-refractivity contribution is -0.137. The zero-order chi connectivity index (χ0) is 24.4. The Kier molecular flexibility index (Phi) is 7.21. The highest BCUT2D eigenvalue weighted by atomic mass is 35.5. The first-order valence-electron chi connectivity index (χ1n) is 11.3. The van der Waals surface area contributed by atoms with Gasteiger partial charge in [0, 0.05) is 38.3 Å². The molecule has 0 radical (unpaired) electrons. The van der Waals surface area contributed by atoms with Crippen molar-refractivity contribution in [3.63, 3.8) is 0 Å². The number of halogens is 3. The third-order valence-electron chi connectivity index (χ3n) is 6.79. The Morgan fingerprint density at radius 1 is 1.24 bits per heavy atom. The van der Waals surface area contributed by atoms with Gasteiger partial charge in [0.25, 0.3) is 0 Å². The minimum atomic E-state index is -1.37. The minimum absolute atomic E-state index is 0.0647. The van der Waals surface area contributed by atoms with E-state index < -0.39 is 36.0 Å². The number of likely N-dealkylation sites (N-methyl/N-ethyl adjacent to an activating group) is 1. The molecule has 0 spiro atoms. The Morgan fingerprint density at radius 2 is 2.03 bits per heavy atom. The standard InChI is InChI=1S/C24H27ClF2N4O3/c1-2-31(24(33)34)21-14-30(12-17(21)15-6-7-19(26)18(25)11-15)23(32)16-8-10-29(13-20(16)27)22-5-3-4-9-28-22/h3-7,9,11,16-17,20-21H,2,8,10,12-14H2,1H3,(H,33,34)/t16?,17-,20?,21+/m0/s1. The van der Waals surface area contributed by atoms with E-state index in [0.717, 1.165) is 0 Å². The molecule has 1 aromatic heterocycles. The Morgan fingerprint density at radius 3 is 2.65 bits per heavy atom. The van der Waals surface area contributed by atoms with Gasteiger partial charge in [0.2, 0.25) is 5.91 Å². The van der Waals surface area contributed by atoms with Gasteiger partial charge in [-0.15, -0.1) is 0 Å². The fourth-order valence-corrected chi connectivity index (χ4v) is 5.22. The Labute approximate surface area is 201 Å². The molecule has 2 saturated heterocycles. The number of carbonyl (C=O) groups excluding carboxylic acids is 1. The Bertz CT molecular complexity index is 1040. The van der Waals surface area contributed by atoms with Crippen molar-refractivity contribution in [3.8, 4) is 0 Å². The molecule has 0 aliphatic carbocycles. The van der Waals surface area contributed by atoms with Gasteiger partial charge in [-0.1, -0.05) is 23.7 Å². The van der Waals surface area contributed by atoms with Crippen molar-refractivity contribution in [1.82, 2.24) is 14.8 Å². The van der Waals surface area contributed by atoms with Crippen LogP contribution < -0.4 is 4.90 Å². The van der Waals surface area contributed by atoms with Gasteiger partial charge in [-0.05, 0) is 43.2 Å². The van der Waals surface area contributed by atoms with Crippen molar-refractivity contribution < 1.29 is 23.5 Å². The second-order valence-corrected chi connectivity index (χ2v) is 9.11. The summed E-state index contributed by atoms with van der Waals surface area (Å²) in [7, 11) is 0. The molecule has 0 bridgehead atoms. The summed E-state index contributed by atoms with van der Waals surface area (Å²) in [5.74, 6) is -1.43. The number of anilines is 1. The topological polar surface area (TPSA) is 77.0 Å². The van der Waals surface area contributed by atoms with Crippen molar-refractivity contribution in [2.75, 3.05) is 37.6 Å². The van der Waals surface area contributed by atoms with Crippen LogP contribution in [0.25, 0.3) is 0 Å². The van der Waals surface area contributed by atoms with Gasteiger partial charge in [-0.3, -0.25) is 4.79 Å². The number of piperidine rings is 1. The summed E-state index contributed by atoms with van der Waals surface area (Å²) in [5.41, 5.74) is 0.646. The molecule has 2 unspecified atom stereocenters. The van der Waals surface area contributed by atoms with Gasteiger partial charge in [-0.2, -0.15) is 0 Å². The molecule has 2 aromatic rings. The number of rotatable bonds is 5. The zero-order valence-electron chi connectivity index (χ0n) is 18.8. The van der Waals surface area contributed by atoms with Crippen molar-refractivity contribution in [1.29, 1.82) is 0 Å². The molecule has 3 heterocycles. The number of nitrogens with zero attached hydrogens (tertiary/aromatic N) is 4. The van der Waals surface area contributed by atoms with Crippen molar-refractivity contribution in [2.24, 2.45) is 5.92 Å². The largest absolute Gasteiger partial charge is 0.465 e. The fourth-order valence-electron chi connectivity index (χ4n) is 5.03. The van der Waals surface area contributed by atoms with Crippen molar-refractivity contribution in [2.45, 2.75) is 31.5 Å². The van der Waals surface area contributed by atoms with Crippen LogP contribution in [-0.2, 0) is 4.79 Å². The third-order valence-corrected chi connectivity index (χ3v) is 7.08. The summed E-state index contributed by atoms with van der Waals surface area (Å²) in [6, 6.07) is 9.16. The molecule has 4 atom stereocenters. The molecule has 10 heteroatoms. The molecule has 0 saturated carbocycles. The normalized spacial score (nSPS) is 24.8. The van der Waals surface area contributed by atoms with E-state index >= 15 is 4.39 Å². The first-order chi connectivity index (χ1) is 16.3. The van der Waals surface area contributed by atoms with Crippen LogP contribution in [-0.4, -0.2) is 76.8 Å². The summed E-state index contributed by atoms with van der Waals surface area (Å²) >= 11 is 5.98. The number of aromatic nitrogens is 1. The monoisotopic (exact) mass is 492 g/mol. The summed E-state index contributed by atoms with van der Waals surface area (Å²) in [6.07, 6.45) is -0.496. The summed E-state index contributed by atoms with van der Waals surface area (Å²) in [6.45, 7) is 2.87. The Hall–Kier alpha value is -2.94. The first kappa shape index (κ1) is 24.2. The second-order valence-electron chi connectivity index (χ2n) is 8.70.